The minimum Gasteiger partial charge on any atom is -0.309 e. The second-order valence-electron chi connectivity index (χ2n) is 14.2. The molecule has 2 aromatic heterocycles. The van der Waals surface area contributed by atoms with Crippen molar-refractivity contribution in [1.29, 1.82) is 0 Å². The molecule has 0 radical (unpaired) electrons. The topological polar surface area (TPSA) is 46.6 Å². The molecule has 57 heavy (non-hydrogen) atoms. The summed E-state index contributed by atoms with van der Waals surface area (Å²) in [4.78, 5) is 10.1. The maximum absolute atomic E-state index is 5.24. The van der Waals surface area contributed by atoms with Gasteiger partial charge in [0.15, 0.2) is 5.84 Å². The summed E-state index contributed by atoms with van der Waals surface area (Å²) in [5.41, 5.74) is 13.2. The molecule has 272 valence electrons. The predicted octanol–water partition coefficient (Wildman–Crippen LogP) is 12.0. The molecule has 0 aliphatic rings. The van der Waals surface area contributed by atoms with E-state index >= 15 is 0 Å². The van der Waals surface area contributed by atoms with E-state index < -0.39 is 0 Å². The van der Waals surface area contributed by atoms with Crippen molar-refractivity contribution in [3.8, 4) is 22.5 Å². The van der Waals surface area contributed by atoms with Gasteiger partial charge in [-0.2, -0.15) is 0 Å². The van der Waals surface area contributed by atoms with Gasteiger partial charge in [0.2, 0.25) is 0 Å². The van der Waals surface area contributed by atoms with E-state index in [4.69, 9.17) is 9.98 Å². The maximum atomic E-state index is 5.24. The molecule has 5 heteroatoms. The number of hydrogen-bond donors (Lipinski definition) is 1. The van der Waals surface area contributed by atoms with Crippen LogP contribution in [0.2, 0.25) is 0 Å². The third-order valence-corrected chi connectivity index (χ3v) is 10.8. The average Bonchev–Trinajstić information content (AvgIpc) is 3.80. The summed E-state index contributed by atoms with van der Waals surface area (Å²) in [6.45, 7) is 0.468. The highest BCUT2D eigenvalue weighted by molar-refractivity contribution is 6.20. The van der Waals surface area contributed by atoms with Gasteiger partial charge in [-0.3, -0.25) is 4.99 Å². The van der Waals surface area contributed by atoms with Crippen LogP contribution >= 0.6 is 0 Å². The quantitative estimate of drug-likeness (QED) is 0.123. The van der Waals surface area contributed by atoms with Crippen LogP contribution in [0.15, 0.2) is 210 Å². The van der Waals surface area contributed by atoms with Gasteiger partial charge in [-0.25, -0.2) is 4.99 Å². The van der Waals surface area contributed by atoms with Crippen molar-refractivity contribution in [3.05, 3.63) is 217 Å². The number of amidine groups is 1. The standard InChI is InChI=1S/C52H39N5/c1-53-35-54-52(38-17-7-3-8-18-38)55-51(36-15-5-2-6-16-36)37-25-29-42(30-26-37)57-47-23-13-11-21-43(47)45-31-27-40(34-50(45)57)39-28-32-49-46(33-39)44-22-12-14-24-48(44)56(49)41-19-9-4-10-20-41/h2-34,53H,35H2,1H3/b54-52-,55-51?. The van der Waals surface area contributed by atoms with Crippen molar-refractivity contribution in [2.75, 3.05) is 13.7 Å². The van der Waals surface area contributed by atoms with Crippen molar-refractivity contribution in [2.24, 2.45) is 9.98 Å². The molecule has 0 aliphatic heterocycles. The second kappa shape index (κ2) is 14.7. The minimum atomic E-state index is 0.468. The Balaban J connectivity index is 1.10. The lowest BCUT2D eigenvalue weighted by molar-refractivity contribution is 0.833. The molecular formula is C52H39N5. The Kier molecular flexibility index (Phi) is 8.82. The van der Waals surface area contributed by atoms with Crippen molar-refractivity contribution in [1.82, 2.24) is 14.5 Å². The minimum absolute atomic E-state index is 0.468. The first-order valence-electron chi connectivity index (χ1n) is 19.4. The van der Waals surface area contributed by atoms with Gasteiger partial charge in [0, 0.05) is 49.6 Å². The Bertz CT molecular complexity index is 3100. The van der Waals surface area contributed by atoms with Crippen LogP contribution in [0.5, 0.6) is 0 Å². The molecule has 0 spiro atoms. The van der Waals surface area contributed by atoms with E-state index in [-0.39, 0.29) is 0 Å². The molecule has 0 aliphatic carbocycles. The summed E-state index contributed by atoms with van der Waals surface area (Å²) < 4.78 is 4.76. The van der Waals surface area contributed by atoms with Gasteiger partial charge in [-0.05, 0) is 72.8 Å². The number of para-hydroxylation sites is 3. The van der Waals surface area contributed by atoms with Gasteiger partial charge in [-0.15, -0.1) is 0 Å². The highest BCUT2D eigenvalue weighted by atomic mass is 15.0. The van der Waals surface area contributed by atoms with Gasteiger partial charge >= 0.3 is 0 Å². The molecule has 0 saturated carbocycles. The van der Waals surface area contributed by atoms with Gasteiger partial charge in [0.05, 0.1) is 34.4 Å². The van der Waals surface area contributed by atoms with Gasteiger partial charge < -0.3 is 14.5 Å². The lowest BCUT2D eigenvalue weighted by Crippen LogP contribution is -2.12. The van der Waals surface area contributed by atoms with Crippen molar-refractivity contribution in [2.45, 2.75) is 0 Å². The van der Waals surface area contributed by atoms with E-state index in [1.54, 1.807) is 0 Å². The first kappa shape index (κ1) is 34.2. The molecule has 1 N–H and O–H groups in total. The summed E-state index contributed by atoms with van der Waals surface area (Å²) in [5, 5.41) is 8.08. The third kappa shape index (κ3) is 6.21. The van der Waals surface area contributed by atoms with Crippen LogP contribution in [0.25, 0.3) is 66.1 Å². The Morgan fingerprint density at radius 3 is 1.60 bits per heavy atom. The molecule has 8 aromatic carbocycles. The Morgan fingerprint density at radius 1 is 0.421 bits per heavy atom. The fourth-order valence-electron chi connectivity index (χ4n) is 8.13. The highest BCUT2D eigenvalue weighted by Gasteiger charge is 2.17. The summed E-state index contributed by atoms with van der Waals surface area (Å²) in [7, 11) is 1.90. The number of nitrogens with zero attached hydrogens (tertiary/aromatic N) is 4. The van der Waals surface area contributed by atoms with E-state index in [2.05, 4.69) is 190 Å². The molecule has 0 atom stereocenters. The number of nitrogens with one attached hydrogen (secondary N) is 1. The van der Waals surface area contributed by atoms with Crippen LogP contribution in [0, 0.1) is 0 Å². The van der Waals surface area contributed by atoms with Crippen LogP contribution in [0.3, 0.4) is 0 Å². The number of fused-ring (bicyclic) bond motifs is 6. The third-order valence-electron chi connectivity index (χ3n) is 10.8. The van der Waals surface area contributed by atoms with Crippen LogP contribution in [-0.2, 0) is 0 Å². The second-order valence-corrected chi connectivity index (χ2v) is 14.2. The van der Waals surface area contributed by atoms with Crippen molar-refractivity contribution >= 4 is 55.2 Å². The molecule has 0 amide bonds. The zero-order valence-corrected chi connectivity index (χ0v) is 31.5. The highest BCUT2D eigenvalue weighted by Crippen LogP contribution is 2.38. The first-order chi connectivity index (χ1) is 28.2. The first-order valence-corrected chi connectivity index (χ1v) is 19.4. The summed E-state index contributed by atoms with van der Waals surface area (Å²) in [6, 6.07) is 71.1. The maximum Gasteiger partial charge on any atom is 0.156 e. The fraction of sp³-hybridized carbons (Fsp3) is 0.0385. The Morgan fingerprint density at radius 2 is 0.912 bits per heavy atom. The number of aromatic nitrogens is 2. The Hall–Kier alpha value is -7.34. The number of hydrogen-bond acceptors (Lipinski definition) is 2. The molecule has 0 unspecified atom stereocenters. The zero-order valence-electron chi connectivity index (χ0n) is 31.5. The zero-order chi connectivity index (χ0) is 38.1. The lowest BCUT2D eigenvalue weighted by atomic mass is 10.0. The molecule has 5 nitrogen and oxygen atoms in total. The lowest BCUT2D eigenvalue weighted by Gasteiger charge is -2.13. The van der Waals surface area contributed by atoms with Gasteiger partial charge in [-0.1, -0.05) is 146 Å². The molecule has 2 heterocycles. The normalized spacial score (nSPS) is 12.3. The molecule has 10 rings (SSSR count). The van der Waals surface area contributed by atoms with Crippen LogP contribution in [0.1, 0.15) is 16.7 Å². The monoisotopic (exact) mass is 733 g/mol. The number of aliphatic imine (C=N–C) groups is 2. The van der Waals surface area contributed by atoms with Gasteiger partial charge in [0.25, 0.3) is 0 Å². The smallest absolute Gasteiger partial charge is 0.156 e. The van der Waals surface area contributed by atoms with E-state index in [0.717, 1.165) is 39.3 Å². The van der Waals surface area contributed by atoms with E-state index in [1.165, 1.54) is 49.2 Å². The van der Waals surface area contributed by atoms with E-state index in [0.29, 0.717) is 12.5 Å². The molecule has 0 saturated heterocycles. The molecule has 10 aromatic rings. The van der Waals surface area contributed by atoms with E-state index in [1.807, 2.05) is 31.3 Å². The Labute approximate surface area is 331 Å². The van der Waals surface area contributed by atoms with Gasteiger partial charge in [0.1, 0.15) is 0 Å². The van der Waals surface area contributed by atoms with Crippen molar-refractivity contribution < 1.29 is 0 Å². The summed E-state index contributed by atoms with van der Waals surface area (Å²) in [6.07, 6.45) is 0. The van der Waals surface area contributed by atoms with Crippen LogP contribution < -0.4 is 5.32 Å². The predicted molar refractivity (Wildman–Crippen MR) is 240 cm³/mol. The summed E-state index contributed by atoms with van der Waals surface area (Å²) in [5.74, 6) is 0.686. The number of rotatable bonds is 8. The van der Waals surface area contributed by atoms with Crippen molar-refractivity contribution in [3.63, 3.8) is 0 Å². The average molecular weight is 734 g/mol. The molecule has 0 bridgehead atoms. The SMILES string of the molecule is CNC/N=C(\N=C(c1ccccc1)c1ccc(-n2c3ccccc3c3ccc(-c4ccc5c(c4)c4ccccc4n5-c4ccccc4)cc32)cc1)c1ccccc1. The van der Waals surface area contributed by atoms with Crippen LogP contribution in [-0.4, -0.2) is 34.4 Å². The number of benzene rings is 8. The molecular weight excluding hydrogens is 695 g/mol. The summed E-state index contributed by atoms with van der Waals surface area (Å²) >= 11 is 0. The fourth-order valence-corrected chi connectivity index (χ4v) is 8.13. The molecule has 0 fully saturated rings. The van der Waals surface area contributed by atoms with Crippen LogP contribution in [0.4, 0.5) is 0 Å². The van der Waals surface area contributed by atoms with E-state index in [9.17, 15) is 0 Å². The largest absolute Gasteiger partial charge is 0.309 e.